The third kappa shape index (κ3) is 5.02. The molecule has 1 aromatic rings. The standard InChI is InChI=1S/C15H17BrF3NO/c1-10(12-4-5-12)20(9-15(17,18)19)14(21)8-11-2-6-13(16)7-3-11/h2-3,6-7,10,12H,4-5,8-9H2,1H3/t10-/m1/s1. The predicted molar refractivity (Wildman–Crippen MR) is 77.8 cm³/mol. The van der Waals surface area contributed by atoms with Crippen molar-refractivity contribution in [2.24, 2.45) is 5.92 Å². The van der Waals surface area contributed by atoms with E-state index in [4.69, 9.17) is 0 Å². The first-order chi connectivity index (χ1) is 9.76. The molecule has 0 radical (unpaired) electrons. The number of halogens is 4. The van der Waals surface area contributed by atoms with E-state index in [2.05, 4.69) is 15.9 Å². The summed E-state index contributed by atoms with van der Waals surface area (Å²) in [5.74, 6) is -0.254. The smallest absolute Gasteiger partial charge is 0.330 e. The van der Waals surface area contributed by atoms with Crippen LogP contribution >= 0.6 is 15.9 Å². The lowest BCUT2D eigenvalue weighted by molar-refractivity contribution is -0.165. The van der Waals surface area contributed by atoms with Crippen molar-refractivity contribution in [2.75, 3.05) is 6.54 Å². The topological polar surface area (TPSA) is 20.3 Å². The lowest BCUT2D eigenvalue weighted by Crippen LogP contribution is -2.46. The molecule has 1 aliphatic rings. The van der Waals surface area contributed by atoms with Gasteiger partial charge in [0.1, 0.15) is 6.54 Å². The van der Waals surface area contributed by atoms with Crippen LogP contribution in [0.15, 0.2) is 28.7 Å². The van der Waals surface area contributed by atoms with Crippen molar-refractivity contribution in [3.05, 3.63) is 34.3 Å². The van der Waals surface area contributed by atoms with Crippen LogP contribution in [0, 0.1) is 5.92 Å². The van der Waals surface area contributed by atoms with Crippen LogP contribution in [-0.4, -0.2) is 29.6 Å². The summed E-state index contributed by atoms with van der Waals surface area (Å²) in [6.07, 6.45) is -2.55. The number of alkyl halides is 3. The van der Waals surface area contributed by atoms with E-state index in [9.17, 15) is 18.0 Å². The minimum atomic E-state index is -4.36. The van der Waals surface area contributed by atoms with Gasteiger partial charge in [0.2, 0.25) is 5.91 Å². The molecule has 1 atom stereocenters. The minimum absolute atomic E-state index is 0.000417. The molecule has 6 heteroatoms. The van der Waals surface area contributed by atoms with Crippen molar-refractivity contribution >= 4 is 21.8 Å². The summed E-state index contributed by atoms with van der Waals surface area (Å²) in [5.41, 5.74) is 0.721. The van der Waals surface area contributed by atoms with Crippen molar-refractivity contribution in [1.29, 1.82) is 0 Å². The highest BCUT2D eigenvalue weighted by Gasteiger charge is 2.40. The fourth-order valence-electron chi connectivity index (χ4n) is 2.36. The lowest BCUT2D eigenvalue weighted by atomic mass is 10.1. The molecule has 1 saturated carbocycles. The fourth-order valence-corrected chi connectivity index (χ4v) is 2.63. The van der Waals surface area contributed by atoms with Gasteiger partial charge in [-0.2, -0.15) is 13.2 Å². The molecular formula is C15H17BrF3NO. The monoisotopic (exact) mass is 363 g/mol. The van der Waals surface area contributed by atoms with Gasteiger partial charge in [-0.3, -0.25) is 4.79 Å². The van der Waals surface area contributed by atoms with E-state index in [1.165, 1.54) is 0 Å². The van der Waals surface area contributed by atoms with E-state index >= 15 is 0 Å². The van der Waals surface area contributed by atoms with Crippen LogP contribution in [0.2, 0.25) is 0 Å². The van der Waals surface area contributed by atoms with Gasteiger partial charge in [-0.25, -0.2) is 0 Å². The van der Waals surface area contributed by atoms with Crippen molar-refractivity contribution in [1.82, 2.24) is 4.90 Å². The van der Waals surface area contributed by atoms with Crippen molar-refractivity contribution in [3.8, 4) is 0 Å². The molecule has 0 aliphatic heterocycles. The summed E-state index contributed by atoms with van der Waals surface area (Å²) in [5, 5.41) is 0. The Labute approximate surface area is 130 Å². The van der Waals surface area contributed by atoms with E-state index < -0.39 is 18.6 Å². The molecule has 0 saturated heterocycles. The minimum Gasteiger partial charge on any atom is -0.330 e. The Morgan fingerprint density at radius 2 is 1.90 bits per heavy atom. The Kier molecular flexibility index (Phi) is 4.96. The largest absolute Gasteiger partial charge is 0.406 e. The second kappa shape index (κ2) is 6.38. The Morgan fingerprint density at radius 1 is 1.33 bits per heavy atom. The average molecular weight is 364 g/mol. The number of amides is 1. The van der Waals surface area contributed by atoms with Crippen LogP contribution in [0.3, 0.4) is 0 Å². The molecule has 116 valence electrons. The molecule has 0 aromatic heterocycles. The maximum atomic E-state index is 12.7. The zero-order chi connectivity index (χ0) is 15.6. The maximum absolute atomic E-state index is 12.7. The van der Waals surface area contributed by atoms with Gasteiger partial charge in [0.25, 0.3) is 0 Å². The number of hydrogen-bond acceptors (Lipinski definition) is 1. The van der Waals surface area contributed by atoms with E-state index in [1.54, 1.807) is 31.2 Å². The molecule has 1 amide bonds. The fraction of sp³-hybridized carbons (Fsp3) is 0.533. The molecule has 1 aromatic carbocycles. The first-order valence-corrected chi connectivity index (χ1v) is 7.66. The van der Waals surface area contributed by atoms with E-state index in [1.807, 2.05) is 0 Å². The zero-order valence-corrected chi connectivity index (χ0v) is 13.2. The Bertz CT molecular complexity index is 497. The van der Waals surface area contributed by atoms with Gasteiger partial charge in [0, 0.05) is 10.5 Å². The lowest BCUT2D eigenvalue weighted by Gasteiger charge is -2.30. The van der Waals surface area contributed by atoms with Crippen molar-refractivity contribution < 1.29 is 18.0 Å². The Morgan fingerprint density at radius 3 is 2.38 bits per heavy atom. The van der Waals surface area contributed by atoms with E-state index in [0.717, 1.165) is 27.8 Å². The summed E-state index contributed by atoms with van der Waals surface area (Å²) in [6.45, 7) is 0.545. The number of benzene rings is 1. The summed E-state index contributed by atoms with van der Waals surface area (Å²) in [6, 6.07) is 6.70. The van der Waals surface area contributed by atoms with Crippen LogP contribution in [0.4, 0.5) is 13.2 Å². The summed E-state index contributed by atoms with van der Waals surface area (Å²) < 4.78 is 39.0. The van der Waals surface area contributed by atoms with Crippen LogP contribution in [0.1, 0.15) is 25.3 Å². The molecule has 1 fully saturated rings. The predicted octanol–water partition coefficient (Wildman–Crippen LogP) is 4.18. The number of nitrogens with zero attached hydrogens (tertiary/aromatic N) is 1. The van der Waals surface area contributed by atoms with Crippen molar-refractivity contribution in [2.45, 2.75) is 38.4 Å². The van der Waals surface area contributed by atoms with Gasteiger partial charge < -0.3 is 4.90 Å². The summed E-state index contributed by atoms with van der Waals surface area (Å²) in [7, 11) is 0. The van der Waals surface area contributed by atoms with Gasteiger partial charge in [0.15, 0.2) is 0 Å². The highest BCUT2D eigenvalue weighted by atomic mass is 79.9. The second-order valence-electron chi connectivity index (χ2n) is 5.52. The number of rotatable bonds is 5. The third-order valence-corrected chi connectivity index (χ3v) is 4.26. The highest BCUT2D eigenvalue weighted by molar-refractivity contribution is 9.10. The maximum Gasteiger partial charge on any atom is 0.406 e. The number of carbonyl (C=O) groups is 1. The van der Waals surface area contributed by atoms with Crippen LogP contribution in [-0.2, 0) is 11.2 Å². The van der Waals surface area contributed by atoms with Crippen LogP contribution < -0.4 is 0 Å². The Balaban J connectivity index is 2.07. The highest BCUT2D eigenvalue weighted by Crippen LogP contribution is 2.36. The zero-order valence-electron chi connectivity index (χ0n) is 11.7. The molecule has 0 heterocycles. The van der Waals surface area contributed by atoms with E-state index in [-0.39, 0.29) is 18.4 Å². The van der Waals surface area contributed by atoms with Gasteiger partial charge in [-0.15, -0.1) is 0 Å². The van der Waals surface area contributed by atoms with Crippen molar-refractivity contribution in [3.63, 3.8) is 0 Å². The molecular weight excluding hydrogens is 347 g/mol. The number of hydrogen-bond donors (Lipinski definition) is 0. The second-order valence-corrected chi connectivity index (χ2v) is 6.43. The summed E-state index contributed by atoms with van der Waals surface area (Å²) >= 11 is 3.29. The van der Waals surface area contributed by atoms with Gasteiger partial charge in [-0.1, -0.05) is 28.1 Å². The first kappa shape index (κ1) is 16.3. The molecule has 21 heavy (non-hydrogen) atoms. The van der Waals surface area contributed by atoms with Gasteiger partial charge >= 0.3 is 6.18 Å². The molecule has 2 nitrogen and oxygen atoms in total. The SMILES string of the molecule is C[C@H](C1CC1)N(CC(F)(F)F)C(=O)Cc1ccc(Br)cc1. The molecule has 2 rings (SSSR count). The third-order valence-electron chi connectivity index (χ3n) is 3.73. The molecule has 0 unspecified atom stereocenters. The molecule has 0 spiro atoms. The molecule has 0 N–H and O–H groups in total. The van der Waals surface area contributed by atoms with Crippen LogP contribution in [0.5, 0.6) is 0 Å². The van der Waals surface area contributed by atoms with Gasteiger partial charge in [0.05, 0.1) is 6.42 Å². The normalized spacial score (nSPS) is 16.6. The van der Waals surface area contributed by atoms with E-state index in [0.29, 0.717) is 0 Å². The first-order valence-electron chi connectivity index (χ1n) is 6.87. The summed E-state index contributed by atoms with van der Waals surface area (Å²) in [4.78, 5) is 13.2. The number of carbonyl (C=O) groups excluding carboxylic acids is 1. The average Bonchev–Trinajstić information content (AvgIpc) is 3.21. The Hall–Kier alpha value is -1.04. The van der Waals surface area contributed by atoms with Crippen LogP contribution in [0.25, 0.3) is 0 Å². The molecule has 1 aliphatic carbocycles. The molecule has 0 bridgehead atoms. The van der Waals surface area contributed by atoms with Gasteiger partial charge in [-0.05, 0) is 43.4 Å². The quantitative estimate of drug-likeness (QED) is 0.768.